The van der Waals surface area contributed by atoms with Crippen molar-refractivity contribution in [3.05, 3.63) is 93.4 Å². The molecule has 1 heterocycles. The van der Waals surface area contributed by atoms with Crippen LogP contribution >= 0.6 is 0 Å². The zero-order chi connectivity index (χ0) is 21.7. The summed E-state index contributed by atoms with van der Waals surface area (Å²) in [7, 11) is 1.29. The van der Waals surface area contributed by atoms with E-state index in [4.69, 9.17) is 4.74 Å². The van der Waals surface area contributed by atoms with Crippen LogP contribution in [0.3, 0.4) is 0 Å². The van der Waals surface area contributed by atoms with Gasteiger partial charge in [-0.2, -0.15) is 5.10 Å². The number of hydrogen-bond acceptors (Lipinski definition) is 5. The summed E-state index contributed by atoms with van der Waals surface area (Å²) >= 11 is 0. The van der Waals surface area contributed by atoms with Gasteiger partial charge >= 0.3 is 5.97 Å². The Morgan fingerprint density at radius 1 is 1.07 bits per heavy atom. The van der Waals surface area contributed by atoms with Crippen molar-refractivity contribution in [2.24, 2.45) is 0 Å². The fourth-order valence-corrected chi connectivity index (χ4v) is 3.06. The number of esters is 1. The first kappa shape index (κ1) is 21.0. The van der Waals surface area contributed by atoms with Crippen molar-refractivity contribution in [3.8, 4) is 5.69 Å². The number of carbonyl (C=O) groups is 2. The molecule has 1 atom stereocenters. The standard InChI is InChI=1S/C23H23N3O4/c1-15-9-11-17(12-10-15)19(14-21(28)30-3)24-23(29)22-20(27)13-16(2)26(25-22)18-7-5-4-6-8-18/h4-13,19H,14H2,1-3H3,(H,24,29)/t19-/m0/s1. The fraction of sp³-hybridized carbons (Fsp3) is 0.217. The van der Waals surface area contributed by atoms with Gasteiger partial charge in [-0.05, 0) is 31.5 Å². The maximum atomic E-state index is 12.9. The summed E-state index contributed by atoms with van der Waals surface area (Å²) in [5, 5.41) is 7.04. The molecule has 0 saturated carbocycles. The van der Waals surface area contributed by atoms with E-state index in [1.54, 1.807) is 6.92 Å². The Kier molecular flexibility index (Phi) is 6.41. The van der Waals surface area contributed by atoms with Gasteiger partial charge in [-0.3, -0.25) is 14.4 Å². The van der Waals surface area contributed by atoms with E-state index in [0.29, 0.717) is 5.69 Å². The SMILES string of the molecule is COC(=O)C[C@H](NC(=O)c1nn(-c2ccccc2)c(C)cc1=O)c1ccc(C)cc1. The molecule has 1 amide bonds. The summed E-state index contributed by atoms with van der Waals surface area (Å²) in [4.78, 5) is 37.3. The highest BCUT2D eigenvalue weighted by atomic mass is 16.5. The van der Waals surface area contributed by atoms with Gasteiger partial charge in [0.1, 0.15) is 0 Å². The summed E-state index contributed by atoms with van der Waals surface area (Å²) in [6.45, 7) is 3.69. The minimum atomic E-state index is -0.654. The van der Waals surface area contributed by atoms with Crippen LogP contribution in [0.5, 0.6) is 0 Å². The maximum Gasteiger partial charge on any atom is 0.307 e. The van der Waals surface area contributed by atoms with E-state index in [9.17, 15) is 14.4 Å². The zero-order valence-electron chi connectivity index (χ0n) is 17.1. The van der Waals surface area contributed by atoms with Gasteiger partial charge in [0.15, 0.2) is 5.69 Å². The Morgan fingerprint density at radius 3 is 2.37 bits per heavy atom. The second kappa shape index (κ2) is 9.17. The molecule has 0 aliphatic carbocycles. The lowest BCUT2D eigenvalue weighted by Crippen LogP contribution is -2.35. The zero-order valence-corrected chi connectivity index (χ0v) is 17.1. The predicted octanol–water partition coefficient (Wildman–Crippen LogP) is 2.88. The van der Waals surface area contributed by atoms with E-state index < -0.39 is 23.3 Å². The largest absolute Gasteiger partial charge is 0.469 e. The normalized spacial score (nSPS) is 11.6. The number of carbonyl (C=O) groups excluding carboxylic acids is 2. The number of nitrogens with one attached hydrogen (secondary N) is 1. The number of para-hydroxylation sites is 1. The lowest BCUT2D eigenvalue weighted by atomic mass is 10.0. The van der Waals surface area contributed by atoms with Crippen LogP contribution in [0.2, 0.25) is 0 Å². The molecule has 3 rings (SSSR count). The van der Waals surface area contributed by atoms with E-state index >= 15 is 0 Å². The first-order valence-electron chi connectivity index (χ1n) is 9.49. The third-order valence-corrected chi connectivity index (χ3v) is 4.71. The average Bonchev–Trinajstić information content (AvgIpc) is 2.74. The molecule has 0 aliphatic rings. The molecule has 154 valence electrons. The van der Waals surface area contributed by atoms with Gasteiger partial charge in [-0.1, -0.05) is 48.0 Å². The van der Waals surface area contributed by atoms with E-state index in [2.05, 4.69) is 10.4 Å². The first-order chi connectivity index (χ1) is 14.4. The van der Waals surface area contributed by atoms with E-state index in [-0.39, 0.29) is 12.1 Å². The van der Waals surface area contributed by atoms with Crippen molar-refractivity contribution in [3.63, 3.8) is 0 Å². The van der Waals surface area contributed by atoms with Crippen LogP contribution in [-0.2, 0) is 9.53 Å². The second-order valence-electron chi connectivity index (χ2n) is 6.96. The molecule has 1 aromatic heterocycles. The predicted molar refractivity (Wildman–Crippen MR) is 113 cm³/mol. The van der Waals surface area contributed by atoms with E-state index in [0.717, 1.165) is 16.8 Å². The number of rotatable bonds is 6. The van der Waals surface area contributed by atoms with Crippen molar-refractivity contribution in [2.75, 3.05) is 7.11 Å². The smallest absolute Gasteiger partial charge is 0.307 e. The number of hydrogen-bond donors (Lipinski definition) is 1. The highest BCUT2D eigenvalue weighted by molar-refractivity contribution is 5.92. The van der Waals surface area contributed by atoms with Crippen LogP contribution in [0.1, 0.15) is 39.8 Å². The number of ether oxygens (including phenoxy) is 1. The average molecular weight is 405 g/mol. The van der Waals surface area contributed by atoms with Crippen molar-refractivity contribution in [2.45, 2.75) is 26.3 Å². The molecule has 7 nitrogen and oxygen atoms in total. The van der Waals surface area contributed by atoms with Gasteiger partial charge in [-0.25, -0.2) is 4.68 Å². The number of nitrogens with zero attached hydrogens (tertiary/aromatic N) is 2. The first-order valence-corrected chi connectivity index (χ1v) is 9.49. The van der Waals surface area contributed by atoms with Gasteiger partial charge in [0.25, 0.3) is 5.91 Å². The summed E-state index contributed by atoms with van der Waals surface area (Å²) < 4.78 is 6.30. The molecule has 0 unspecified atom stereocenters. The van der Waals surface area contributed by atoms with Crippen molar-refractivity contribution >= 4 is 11.9 Å². The molecule has 30 heavy (non-hydrogen) atoms. The Hall–Kier alpha value is -3.74. The van der Waals surface area contributed by atoms with Gasteiger partial charge in [0.05, 0.1) is 25.3 Å². The van der Waals surface area contributed by atoms with Crippen molar-refractivity contribution in [1.82, 2.24) is 15.1 Å². The van der Waals surface area contributed by atoms with E-state index in [1.165, 1.54) is 17.9 Å². The molecule has 0 spiro atoms. The molecule has 7 heteroatoms. The van der Waals surface area contributed by atoms with Gasteiger partial charge in [0, 0.05) is 11.8 Å². The Morgan fingerprint density at radius 2 is 1.73 bits per heavy atom. The van der Waals surface area contributed by atoms with Gasteiger partial charge in [-0.15, -0.1) is 0 Å². The third kappa shape index (κ3) is 4.81. The lowest BCUT2D eigenvalue weighted by molar-refractivity contribution is -0.141. The number of benzene rings is 2. The lowest BCUT2D eigenvalue weighted by Gasteiger charge is -2.18. The topological polar surface area (TPSA) is 90.3 Å². The summed E-state index contributed by atoms with van der Waals surface area (Å²) in [5.74, 6) is -1.13. The number of aryl methyl sites for hydroxylation is 2. The van der Waals surface area contributed by atoms with E-state index in [1.807, 2.05) is 61.5 Å². The molecule has 3 aromatic rings. The molecule has 0 saturated heterocycles. The number of amides is 1. The van der Waals surface area contributed by atoms with Crippen molar-refractivity contribution in [1.29, 1.82) is 0 Å². The second-order valence-corrected chi connectivity index (χ2v) is 6.96. The summed E-state index contributed by atoms with van der Waals surface area (Å²) in [5.41, 5.74) is 2.38. The van der Waals surface area contributed by atoms with Crippen LogP contribution in [0, 0.1) is 13.8 Å². The highest BCUT2D eigenvalue weighted by Crippen LogP contribution is 2.19. The fourth-order valence-electron chi connectivity index (χ4n) is 3.06. The van der Waals surface area contributed by atoms with Crippen LogP contribution in [0.4, 0.5) is 0 Å². The number of aromatic nitrogens is 2. The van der Waals surface area contributed by atoms with Gasteiger partial charge < -0.3 is 10.1 Å². The van der Waals surface area contributed by atoms with Crippen molar-refractivity contribution < 1.29 is 14.3 Å². The number of methoxy groups -OCH3 is 1. The maximum absolute atomic E-state index is 12.9. The molecule has 0 bridgehead atoms. The van der Waals surface area contributed by atoms with Crippen LogP contribution in [0.15, 0.2) is 65.5 Å². The minimum absolute atomic E-state index is 0.0654. The van der Waals surface area contributed by atoms with Gasteiger partial charge in [0.2, 0.25) is 5.43 Å². The minimum Gasteiger partial charge on any atom is -0.469 e. The third-order valence-electron chi connectivity index (χ3n) is 4.71. The molecular weight excluding hydrogens is 382 g/mol. The van der Waals surface area contributed by atoms with Crippen LogP contribution in [0.25, 0.3) is 5.69 Å². The molecule has 0 radical (unpaired) electrons. The Balaban J connectivity index is 1.94. The Labute approximate surface area is 174 Å². The quantitative estimate of drug-likeness (QED) is 0.637. The molecule has 0 fully saturated rings. The Bertz CT molecular complexity index is 1110. The molecule has 2 aromatic carbocycles. The summed E-state index contributed by atoms with van der Waals surface area (Å²) in [6.07, 6.45) is -0.0654. The van der Waals surface area contributed by atoms with Crippen LogP contribution < -0.4 is 10.7 Å². The molecule has 1 N–H and O–H groups in total. The molecule has 0 aliphatic heterocycles. The highest BCUT2D eigenvalue weighted by Gasteiger charge is 2.23. The summed E-state index contributed by atoms with van der Waals surface area (Å²) in [6, 6.07) is 17.4. The monoisotopic (exact) mass is 405 g/mol. The van der Waals surface area contributed by atoms with Crippen LogP contribution in [-0.4, -0.2) is 28.8 Å². The molecular formula is C23H23N3O4.